The lowest BCUT2D eigenvalue weighted by molar-refractivity contribution is 0.223. The van der Waals surface area contributed by atoms with Crippen LogP contribution in [0, 0.1) is 0 Å². The number of rotatable bonds is 3. The second-order valence-corrected chi connectivity index (χ2v) is 4.46. The van der Waals surface area contributed by atoms with Gasteiger partial charge in [0.15, 0.2) is 0 Å². The number of nitrogens with one attached hydrogen (secondary N) is 1. The van der Waals surface area contributed by atoms with Gasteiger partial charge in [-0.3, -0.25) is 0 Å². The average Bonchev–Trinajstić information content (AvgIpc) is 2.71. The predicted octanol–water partition coefficient (Wildman–Crippen LogP) is 2.55. The molecule has 0 unspecified atom stereocenters. The normalized spacial score (nSPS) is 20.9. The van der Waals surface area contributed by atoms with E-state index in [1.54, 1.807) is 0 Å². The smallest absolute Gasteiger partial charge is 0.120 e. The summed E-state index contributed by atoms with van der Waals surface area (Å²) in [5.74, 6) is 1.57. The predicted molar refractivity (Wildman–Crippen MR) is 62.4 cm³/mol. The molecule has 1 fully saturated rings. The third-order valence-electron chi connectivity index (χ3n) is 2.84. The molecule has 15 heavy (non-hydrogen) atoms. The molecular weight excluding hydrogens is 186 g/mol. The van der Waals surface area contributed by atoms with Crippen molar-refractivity contribution in [3.05, 3.63) is 29.8 Å². The molecule has 1 heterocycles. The fourth-order valence-electron chi connectivity index (χ4n) is 1.87. The monoisotopic (exact) mass is 205 g/mol. The van der Waals surface area contributed by atoms with Crippen molar-refractivity contribution >= 4 is 0 Å². The van der Waals surface area contributed by atoms with Gasteiger partial charge in [-0.1, -0.05) is 26.0 Å². The first-order chi connectivity index (χ1) is 7.25. The standard InChI is InChI=1S/C13H19NO/c1-10(2)11-4-3-5-12(8-11)15-13-6-7-14-9-13/h3-5,8,10,13-14H,6-7,9H2,1-2H3/t13-/m0/s1. The Bertz CT molecular complexity index is 316. The maximum atomic E-state index is 5.90. The zero-order valence-electron chi connectivity index (χ0n) is 9.49. The molecule has 1 aromatic carbocycles. The van der Waals surface area contributed by atoms with Gasteiger partial charge in [0.25, 0.3) is 0 Å². The van der Waals surface area contributed by atoms with Gasteiger partial charge >= 0.3 is 0 Å². The van der Waals surface area contributed by atoms with Crippen molar-refractivity contribution in [3.63, 3.8) is 0 Å². The molecule has 2 rings (SSSR count). The minimum Gasteiger partial charge on any atom is -0.489 e. The zero-order chi connectivity index (χ0) is 10.7. The molecule has 1 aromatic rings. The van der Waals surface area contributed by atoms with E-state index < -0.39 is 0 Å². The SMILES string of the molecule is CC(C)c1cccc(O[C@H]2CCNC2)c1. The number of hydrogen-bond acceptors (Lipinski definition) is 2. The summed E-state index contributed by atoms with van der Waals surface area (Å²) in [6.07, 6.45) is 1.47. The molecule has 1 atom stereocenters. The van der Waals surface area contributed by atoms with Crippen molar-refractivity contribution in [2.45, 2.75) is 32.3 Å². The minimum atomic E-state index is 0.354. The summed E-state index contributed by atoms with van der Waals surface area (Å²) in [4.78, 5) is 0. The molecule has 0 amide bonds. The molecule has 2 heteroatoms. The lowest BCUT2D eigenvalue weighted by Crippen LogP contribution is -2.19. The van der Waals surface area contributed by atoms with Gasteiger partial charge in [-0.05, 0) is 36.6 Å². The van der Waals surface area contributed by atoms with Crippen LogP contribution in [0.25, 0.3) is 0 Å². The van der Waals surface area contributed by atoms with Crippen molar-refractivity contribution in [3.8, 4) is 5.75 Å². The molecule has 1 aliphatic rings. The van der Waals surface area contributed by atoms with E-state index in [4.69, 9.17) is 4.74 Å². The van der Waals surface area contributed by atoms with Gasteiger partial charge in [-0.25, -0.2) is 0 Å². The van der Waals surface area contributed by atoms with E-state index >= 15 is 0 Å². The molecule has 82 valence electrons. The molecule has 1 saturated heterocycles. The maximum Gasteiger partial charge on any atom is 0.120 e. The Kier molecular flexibility index (Phi) is 3.27. The van der Waals surface area contributed by atoms with Gasteiger partial charge in [0, 0.05) is 6.54 Å². The summed E-state index contributed by atoms with van der Waals surface area (Å²) in [5.41, 5.74) is 1.35. The van der Waals surface area contributed by atoms with Crippen LogP contribution in [0.4, 0.5) is 0 Å². The van der Waals surface area contributed by atoms with Crippen molar-refractivity contribution in [2.24, 2.45) is 0 Å². The highest BCUT2D eigenvalue weighted by atomic mass is 16.5. The van der Waals surface area contributed by atoms with Crippen molar-refractivity contribution in [1.29, 1.82) is 0 Å². The first-order valence-corrected chi connectivity index (χ1v) is 5.73. The van der Waals surface area contributed by atoms with Crippen molar-refractivity contribution in [1.82, 2.24) is 5.32 Å². The van der Waals surface area contributed by atoms with Crippen LogP contribution in [-0.2, 0) is 0 Å². The third kappa shape index (κ3) is 2.72. The molecule has 0 aliphatic carbocycles. The first-order valence-electron chi connectivity index (χ1n) is 5.73. The second kappa shape index (κ2) is 4.67. The summed E-state index contributed by atoms with van der Waals surface area (Å²) in [7, 11) is 0. The fourth-order valence-corrected chi connectivity index (χ4v) is 1.87. The Morgan fingerprint density at radius 3 is 2.93 bits per heavy atom. The molecule has 0 radical (unpaired) electrons. The van der Waals surface area contributed by atoms with Crippen LogP contribution in [0.2, 0.25) is 0 Å². The number of hydrogen-bond donors (Lipinski definition) is 1. The lowest BCUT2D eigenvalue weighted by atomic mass is 10.0. The maximum absolute atomic E-state index is 5.90. The van der Waals surface area contributed by atoms with Crippen molar-refractivity contribution < 1.29 is 4.74 Å². The summed E-state index contributed by atoms with van der Waals surface area (Å²) in [6, 6.07) is 8.44. The van der Waals surface area contributed by atoms with Crippen LogP contribution in [0.1, 0.15) is 31.7 Å². The molecule has 0 spiro atoms. The lowest BCUT2D eigenvalue weighted by Gasteiger charge is -2.14. The average molecular weight is 205 g/mol. The van der Waals surface area contributed by atoms with Crippen LogP contribution in [-0.4, -0.2) is 19.2 Å². The Balaban J connectivity index is 2.04. The van der Waals surface area contributed by atoms with E-state index in [1.165, 1.54) is 5.56 Å². The van der Waals surface area contributed by atoms with Crippen LogP contribution >= 0.6 is 0 Å². The fraction of sp³-hybridized carbons (Fsp3) is 0.538. The highest BCUT2D eigenvalue weighted by Crippen LogP contribution is 2.21. The first kappa shape index (κ1) is 10.5. The topological polar surface area (TPSA) is 21.3 Å². The highest BCUT2D eigenvalue weighted by Gasteiger charge is 2.15. The van der Waals surface area contributed by atoms with E-state index in [0.717, 1.165) is 25.3 Å². The molecule has 1 N–H and O–H groups in total. The molecule has 2 nitrogen and oxygen atoms in total. The van der Waals surface area contributed by atoms with E-state index in [0.29, 0.717) is 12.0 Å². The second-order valence-electron chi connectivity index (χ2n) is 4.46. The molecule has 1 aliphatic heterocycles. The zero-order valence-corrected chi connectivity index (χ0v) is 9.49. The summed E-state index contributed by atoms with van der Waals surface area (Å²) < 4.78 is 5.90. The molecule has 0 aromatic heterocycles. The highest BCUT2D eigenvalue weighted by molar-refractivity contribution is 5.30. The Labute approximate surface area is 91.6 Å². The Morgan fingerprint density at radius 2 is 2.27 bits per heavy atom. The molecular formula is C13H19NO. The Hall–Kier alpha value is -1.02. The van der Waals surface area contributed by atoms with Gasteiger partial charge in [0.2, 0.25) is 0 Å². The third-order valence-corrected chi connectivity index (χ3v) is 2.84. The Morgan fingerprint density at radius 1 is 1.40 bits per heavy atom. The number of ether oxygens (including phenoxy) is 1. The molecule has 0 saturated carbocycles. The van der Waals surface area contributed by atoms with Crippen molar-refractivity contribution in [2.75, 3.05) is 13.1 Å². The van der Waals surface area contributed by atoms with E-state index in [2.05, 4.69) is 37.4 Å². The number of benzene rings is 1. The summed E-state index contributed by atoms with van der Waals surface area (Å²) in [6.45, 7) is 6.47. The van der Waals surface area contributed by atoms with Crippen LogP contribution in [0.3, 0.4) is 0 Å². The largest absolute Gasteiger partial charge is 0.489 e. The van der Waals surface area contributed by atoms with E-state index in [-0.39, 0.29) is 0 Å². The van der Waals surface area contributed by atoms with Crippen LogP contribution in [0.15, 0.2) is 24.3 Å². The van der Waals surface area contributed by atoms with E-state index in [9.17, 15) is 0 Å². The summed E-state index contributed by atoms with van der Waals surface area (Å²) in [5, 5.41) is 3.30. The quantitative estimate of drug-likeness (QED) is 0.818. The van der Waals surface area contributed by atoms with Gasteiger partial charge in [0.05, 0.1) is 0 Å². The van der Waals surface area contributed by atoms with Crippen LogP contribution < -0.4 is 10.1 Å². The van der Waals surface area contributed by atoms with Gasteiger partial charge in [-0.2, -0.15) is 0 Å². The van der Waals surface area contributed by atoms with Crippen LogP contribution in [0.5, 0.6) is 5.75 Å². The van der Waals surface area contributed by atoms with Gasteiger partial charge in [-0.15, -0.1) is 0 Å². The summed E-state index contributed by atoms with van der Waals surface area (Å²) >= 11 is 0. The minimum absolute atomic E-state index is 0.354. The van der Waals surface area contributed by atoms with Gasteiger partial charge in [0.1, 0.15) is 11.9 Å². The van der Waals surface area contributed by atoms with E-state index in [1.807, 2.05) is 6.07 Å². The van der Waals surface area contributed by atoms with Gasteiger partial charge < -0.3 is 10.1 Å². The molecule has 0 bridgehead atoms.